The van der Waals surface area contributed by atoms with Crippen LogP contribution >= 0.6 is 0 Å². The predicted molar refractivity (Wildman–Crippen MR) is 189 cm³/mol. The molecule has 0 spiro atoms. The molecule has 0 saturated heterocycles. The van der Waals surface area contributed by atoms with Crippen molar-refractivity contribution in [2.75, 3.05) is 40.3 Å². The Kier molecular flexibility index (Phi) is 9.98. The number of aryl methyl sites for hydroxylation is 2. The van der Waals surface area contributed by atoms with Crippen LogP contribution < -0.4 is 40.3 Å². The summed E-state index contributed by atoms with van der Waals surface area (Å²) >= 11 is 0. The number of rotatable bonds is 11. The van der Waals surface area contributed by atoms with Crippen LogP contribution in [-0.4, -0.2) is 51.8 Å². The molecule has 0 aliphatic heterocycles. The quantitative estimate of drug-likeness (QED) is 0.149. The zero-order valence-corrected chi connectivity index (χ0v) is 28.7. The first kappa shape index (κ1) is 33.7. The van der Waals surface area contributed by atoms with Gasteiger partial charge in [0.05, 0.1) is 46.2 Å². The van der Waals surface area contributed by atoms with Crippen molar-refractivity contribution < 1.29 is 28.5 Å². The van der Waals surface area contributed by atoms with Gasteiger partial charge in [0.25, 0.3) is 0 Å². The summed E-state index contributed by atoms with van der Waals surface area (Å²) in [6.45, 7) is 1.90. The molecule has 0 radical (unpaired) electrons. The van der Waals surface area contributed by atoms with Crippen molar-refractivity contribution in [1.29, 1.82) is 0 Å². The van der Waals surface area contributed by atoms with Gasteiger partial charge < -0.3 is 39.9 Å². The number of aromatic nitrogens is 1. The summed E-state index contributed by atoms with van der Waals surface area (Å²) in [6, 6.07) is 12.7. The number of hydrogen-bond acceptors (Lipinski definition) is 8. The lowest BCUT2D eigenvalue weighted by atomic mass is 9.91. The fourth-order valence-electron chi connectivity index (χ4n) is 7.31. The Morgan fingerprint density at radius 1 is 0.878 bits per heavy atom. The number of carbonyl (C=O) groups excluding carboxylic acids is 2. The second kappa shape index (κ2) is 14.5. The van der Waals surface area contributed by atoms with Crippen LogP contribution in [0.4, 0.5) is 5.69 Å². The molecule has 3 aromatic carbocycles. The number of methoxy groups -OCH3 is 4. The van der Waals surface area contributed by atoms with Crippen LogP contribution in [0.5, 0.6) is 23.0 Å². The molecule has 2 amide bonds. The first-order valence-electron chi connectivity index (χ1n) is 16.8. The number of hydrogen-bond donors (Lipinski definition) is 4. The topological polar surface area (TPSA) is 140 Å². The van der Waals surface area contributed by atoms with E-state index in [-0.39, 0.29) is 23.3 Å². The van der Waals surface area contributed by atoms with E-state index < -0.39 is 6.04 Å². The van der Waals surface area contributed by atoms with Gasteiger partial charge in [-0.2, -0.15) is 0 Å². The normalized spacial score (nSPS) is 16.3. The molecule has 0 saturated carbocycles. The number of aromatic amines is 1. The van der Waals surface area contributed by atoms with E-state index in [4.69, 9.17) is 18.9 Å². The van der Waals surface area contributed by atoms with Gasteiger partial charge in [-0.05, 0) is 97.2 Å². The number of H-pyrrole nitrogens is 1. The van der Waals surface area contributed by atoms with Gasteiger partial charge >= 0.3 is 0 Å². The number of nitrogens with one attached hydrogen (secondary N) is 4. The van der Waals surface area contributed by atoms with E-state index in [0.29, 0.717) is 60.7 Å². The molecule has 11 heteroatoms. The molecule has 11 nitrogen and oxygen atoms in total. The van der Waals surface area contributed by atoms with Gasteiger partial charge in [-0.3, -0.25) is 14.4 Å². The highest BCUT2D eigenvalue weighted by molar-refractivity contribution is 5.87. The summed E-state index contributed by atoms with van der Waals surface area (Å²) in [5.41, 5.74) is 6.75. The highest BCUT2D eigenvalue weighted by Gasteiger charge is 2.30. The summed E-state index contributed by atoms with van der Waals surface area (Å²) in [5, 5.41) is 10.6. The Bertz CT molecular complexity index is 1950. The van der Waals surface area contributed by atoms with Crippen LogP contribution in [0.3, 0.4) is 0 Å². The minimum absolute atomic E-state index is 0.0326. The minimum Gasteiger partial charge on any atom is -0.497 e. The Morgan fingerprint density at radius 2 is 1.69 bits per heavy atom. The zero-order chi connectivity index (χ0) is 34.7. The molecule has 1 aromatic heterocycles. The lowest BCUT2D eigenvalue weighted by Gasteiger charge is -2.24. The van der Waals surface area contributed by atoms with E-state index in [1.807, 2.05) is 24.3 Å². The SMILES string of the molecule is COc1ccc2[nH]c3c(c2c1)CCC[C@H]3NC(=O)CCCNc1ccc2c(cc1=O)[C@@H](NC(C)=O)CCc1cc(OC)c(OC)c(OC)c1-2. The van der Waals surface area contributed by atoms with Gasteiger partial charge in [-0.25, -0.2) is 0 Å². The van der Waals surface area contributed by atoms with Gasteiger partial charge in [-0.15, -0.1) is 0 Å². The van der Waals surface area contributed by atoms with Crippen molar-refractivity contribution in [3.63, 3.8) is 0 Å². The van der Waals surface area contributed by atoms with Crippen LogP contribution in [0.2, 0.25) is 0 Å². The van der Waals surface area contributed by atoms with Gasteiger partial charge in [-0.1, -0.05) is 6.07 Å². The minimum atomic E-state index is -0.391. The number of carbonyl (C=O) groups is 2. The van der Waals surface area contributed by atoms with E-state index in [1.54, 1.807) is 40.6 Å². The van der Waals surface area contributed by atoms with Crippen LogP contribution in [-0.2, 0) is 22.4 Å². The standard InChI is InChI=1S/C38H44N4O7/c1-21(43)40-28-14-11-22-18-33(47-3)37(48-4)38(49-5)35(22)24-13-16-30(32(44)20-27(24)28)39-17-7-10-34(45)41-31-9-6-8-25-26-19-23(46-2)12-15-29(26)42-36(25)31/h12-13,15-16,18-20,28,31,42H,6-11,14,17H2,1-5H3,(H,39,44)(H,40,43)(H,41,45)/t28-,31+/m0/s1. The molecule has 1 heterocycles. The van der Waals surface area contributed by atoms with Crippen LogP contribution in [0.15, 0.2) is 47.3 Å². The van der Waals surface area contributed by atoms with Gasteiger partial charge in [0.2, 0.25) is 23.0 Å². The smallest absolute Gasteiger partial charge is 0.220 e. The van der Waals surface area contributed by atoms with Crippen molar-refractivity contribution in [2.24, 2.45) is 0 Å². The maximum atomic E-state index is 13.6. The first-order valence-corrected chi connectivity index (χ1v) is 16.8. The predicted octanol–water partition coefficient (Wildman–Crippen LogP) is 5.74. The molecular formula is C38H44N4O7. The molecule has 49 heavy (non-hydrogen) atoms. The molecule has 4 N–H and O–H groups in total. The molecular weight excluding hydrogens is 624 g/mol. The van der Waals surface area contributed by atoms with Crippen LogP contribution in [0.25, 0.3) is 22.0 Å². The van der Waals surface area contributed by atoms with Gasteiger partial charge in [0.15, 0.2) is 11.5 Å². The van der Waals surface area contributed by atoms with Crippen molar-refractivity contribution in [3.05, 3.63) is 75.1 Å². The highest BCUT2D eigenvalue weighted by atomic mass is 16.5. The van der Waals surface area contributed by atoms with Gasteiger partial charge in [0.1, 0.15) is 5.75 Å². The molecule has 0 fully saturated rings. The molecule has 258 valence electrons. The monoisotopic (exact) mass is 668 g/mol. The van der Waals surface area contributed by atoms with E-state index in [1.165, 1.54) is 12.5 Å². The van der Waals surface area contributed by atoms with Crippen molar-refractivity contribution >= 4 is 28.4 Å². The summed E-state index contributed by atoms with van der Waals surface area (Å²) in [6.07, 6.45) is 4.87. The number of fused-ring (bicyclic) bond motifs is 6. The highest BCUT2D eigenvalue weighted by Crippen LogP contribution is 2.50. The third-order valence-corrected chi connectivity index (χ3v) is 9.56. The molecule has 4 aromatic rings. The summed E-state index contributed by atoms with van der Waals surface area (Å²) in [5.74, 6) is 2.09. The largest absolute Gasteiger partial charge is 0.497 e. The molecule has 0 bridgehead atoms. The van der Waals surface area contributed by atoms with E-state index in [0.717, 1.165) is 58.3 Å². The molecule has 2 atom stereocenters. The van der Waals surface area contributed by atoms with Crippen LogP contribution in [0, 0.1) is 0 Å². The lowest BCUT2D eigenvalue weighted by molar-refractivity contribution is -0.122. The molecule has 6 rings (SSSR count). The summed E-state index contributed by atoms with van der Waals surface area (Å²) < 4.78 is 22.6. The Balaban J connectivity index is 1.19. The fourth-order valence-corrected chi connectivity index (χ4v) is 7.31. The average molecular weight is 669 g/mol. The lowest BCUT2D eigenvalue weighted by Crippen LogP contribution is -2.31. The van der Waals surface area contributed by atoms with E-state index in [9.17, 15) is 14.4 Å². The third kappa shape index (κ3) is 6.75. The number of amides is 2. The molecule has 2 aliphatic carbocycles. The zero-order valence-electron chi connectivity index (χ0n) is 28.7. The first-order chi connectivity index (χ1) is 23.8. The maximum Gasteiger partial charge on any atom is 0.220 e. The van der Waals surface area contributed by atoms with Crippen molar-refractivity contribution in [1.82, 2.24) is 15.6 Å². The molecule has 2 aliphatic rings. The number of anilines is 1. The third-order valence-electron chi connectivity index (χ3n) is 9.56. The fraction of sp³-hybridized carbons (Fsp3) is 0.395. The average Bonchev–Trinajstić information content (AvgIpc) is 3.32. The van der Waals surface area contributed by atoms with Gasteiger partial charge in [0, 0.05) is 42.0 Å². The van der Waals surface area contributed by atoms with Crippen molar-refractivity contribution in [3.8, 4) is 34.1 Å². The summed E-state index contributed by atoms with van der Waals surface area (Å²) in [7, 11) is 6.37. The second-order valence-electron chi connectivity index (χ2n) is 12.6. The Hall–Kier alpha value is -5.19. The van der Waals surface area contributed by atoms with E-state index in [2.05, 4.69) is 27.0 Å². The second-order valence-corrected chi connectivity index (χ2v) is 12.6. The van der Waals surface area contributed by atoms with Crippen LogP contribution in [0.1, 0.15) is 73.5 Å². The Labute approximate surface area is 285 Å². The van der Waals surface area contributed by atoms with Crippen molar-refractivity contribution in [2.45, 2.75) is 64.0 Å². The maximum absolute atomic E-state index is 13.6. The van der Waals surface area contributed by atoms with E-state index >= 15 is 0 Å². The number of benzene rings is 2. The summed E-state index contributed by atoms with van der Waals surface area (Å²) in [4.78, 5) is 42.4. The number of ether oxygens (including phenoxy) is 4. The Morgan fingerprint density at radius 3 is 2.43 bits per heavy atom. The molecule has 0 unspecified atom stereocenters.